The first-order chi connectivity index (χ1) is 15.5. The Labute approximate surface area is 194 Å². The summed E-state index contributed by atoms with van der Waals surface area (Å²) >= 11 is 7.07. The lowest BCUT2D eigenvalue weighted by molar-refractivity contribution is 0.0370. The number of aromatic carboxylic acids is 1. The van der Waals surface area contributed by atoms with Gasteiger partial charge in [-0.2, -0.15) is 4.39 Å². The third kappa shape index (κ3) is 4.22. The van der Waals surface area contributed by atoms with Gasteiger partial charge >= 0.3 is 5.97 Å². The van der Waals surface area contributed by atoms with E-state index in [1.54, 1.807) is 36.4 Å². The standard InChI is InChI=1S/C24H24ClFN2O3S/c25-15-5-6-18-21(11-15)32-23(26)22(18)14-4-7-20(19(10-14)24(29)30)28-8-9-31-17(13-28)12-27-16-2-1-3-16/h4-7,10-11,16-17,27H,1-3,8-9,12-13H2,(H,29,30)/t17-/m0/s1. The highest BCUT2D eigenvalue weighted by atomic mass is 35.5. The fourth-order valence-electron chi connectivity index (χ4n) is 4.42. The van der Waals surface area contributed by atoms with Crippen LogP contribution in [0.25, 0.3) is 21.2 Å². The molecule has 2 fully saturated rings. The maximum absolute atomic E-state index is 14.8. The van der Waals surface area contributed by atoms with Crippen LogP contribution in [-0.2, 0) is 4.74 Å². The molecule has 1 saturated heterocycles. The highest BCUT2D eigenvalue weighted by molar-refractivity contribution is 7.18. The van der Waals surface area contributed by atoms with Crippen LogP contribution >= 0.6 is 22.9 Å². The minimum atomic E-state index is -1.03. The van der Waals surface area contributed by atoms with Gasteiger partial charge in [-0.3, -0.25) is 0 Å². The zero-order valence-corrected chi connectivity index (χ0v) is 19.0. The van der Waals surface area contributed by atoms with E-state index in [1.807, 2.05) is 0 Å². The van der Waals surface area contributed by atoms with Crippen molar-refractivity contribution in [2.24, 2.45) is 0 Å². The molecule has 2 heterocycles. The number of nitrogens with one attached hydrogen (secondary N) is 1. The Kier molecular flexibility index (Phi) is 6.07. The van der Waals surface area contributed by atoms with Crippen molar-refractivity contribution < 1.29 is 19.0 Å². The van der Waals surface area contributed by atoms with Gasteiger partial charge < -0.3 is 20.1 Å². The molecule has 0 amide bonds. The molecule has 1 saturated carbocycles. The van der Waals surface area contributed by atoms with Gasteiger partial charge in [-0.25, -0.2) is 4.79 Å². The Morgan fingerprint density at radius 3 is 2.88 bits per heavy atom. The van der Waals surface area contributed by atoms with Gasteiger partial charge in [-0.05, 0) is 42.7 Å². The summed E-state index contributed by atoms with van der Waals surface area (Å²) in [6.45, 7) is 2.54. The minimum absolute atomic E-state index is 0.00804. The molecule has 1 aliphatic heterocycles. The SMILES string of the molecule is O=C(O)c1cc(-c2c(F)sc3cc(Cl)ccc23)ccc1N1CCO[C@@H](CNC2CCC2)C1. The first-order valence-electron chi connectivity index (χ1n) is 10.8. The second kappa shape index (κ2) is 8.98. The summed E-state index contributed by atoms with van der Waals surface area (Å²) in [5, 5.41) is 14.4. The topological polar surface area (TPSA) is 61.8 Å². The van der Waals surface area contributed by atoms with E-state index in [4.69, 9.17) is 16.3 Å². The molecule has 2 aromatic carbocycles. The Morgan fingerprint density at radius 2 is 2.12 bits per heavy atom. The predicted molar refractivity (Wildman–Crippen MR) is 127 cm³/mol. The quantitative estimate of drug-likeness (QED) is 0.500. The molecule has 1 atom stereocenters. The number of carbonyl (C=O) groups is 1. The number of hydrogen-bond acceptors (Lipinski definition) is 5. The van der Waals surface area contributed by atoms with E-state index in [0.29, 0.717) is 47.6 Å². The molecule has 2 N–H and O–H groups in total. The van der Waals surface area contributed by atoms with Crippen molar-refractivity contribution in [3.8, 4) is 11.1 Å². The fourth-order valence-corrected chi connectivity index (χ4v) is 5.65. The van der Waals surface area contributed by atoms with E-state index in [2.05, 4.69) is 10.2 Å². The summed E-state index contributed by atoms with van der Waals surface area (Å²) in [5.41, 5.74) is 1.78. The van der Waals surface area contributed by atoms with Gasteiger partial charge in [0, 0.05) is 46.3 Å². The van der Waals surface area contributed by atoms with Gasteiger partial charge in [0.2, 0.25) is 0 Å². The average Bonchev–Trinajstić information content (AvgIpc) is 3.07. The smallest absolute Gasteiger partial charge is 0.337 e. The van der Waals surface area contributed by atoms with E-state index in [-0.39, 0.29) is 16.8 Å². The number of benzene rings is 2. The highest BCUT2D eigenvalue weighted by Gasteiger charge is 2.26. The normalized spacial score (nSPS) is 19.3. The average molecular weight is 475 g/mol. The van der Waals surface area contributed by atoms with E-state index >= 15 is 0 Å². The molecular weight excluding hydrogens is 451 g/mol. The number of carboxylic acid groups (broad SMARTS) is 1. The van der Waals surface area contributed by atoms with Crippen molar-refractivity contribution >= 4 is 44.7 Å². The molecule has 168 valence electrons. The van der Waals surface area contributed by atoms with Crippen LogP contribution in [-0.4, -0.2) is 49.5 Å². The number of nitrogens with zero attached hydrogens (tertiary/aromatic N) is 1. The lowest BCUT2D eigenvalue weighted by Gasteiger charge is -2.37. The van der Waals surface area contributed by atoms with Crippen molar-refractivity contribution in [3.63, 3.8) is 0 Å². The van der Waals surface area contributed by atoms with Gasteiger partial charge in [0.25, 0.3) is 0 Å². The van der Waals surface area contributed by atoms with E-state index in [1.165, 1.54) is 19.3 Å². The van der Waals surface area contributed by atoms with Crippen LogP contribution in [0, 0.1) is 5.13 Å². The molecule has 5 nitrogen and oxygen atoms in total. The second-order valence-corrected chi connectivity index (χ2v) is 9.84. The Bertz CT molecular complexity index is 1160. The number of ether oxygens (including phenoxy) is 1. The molecule has 5 rings (SSSR count). The van der Waals surface area contributed by atoms with Crippen LogP contribution in [0.3, 0.4) is 0 Å². The van der Waals surface area contributed by atoms with Gasteiger partial charge in [-0.15, -0.1) is 11.3 Å². The predicted octanol–water partition coefficient (Wildman–Crippen LogP) is 5.41. The molecule has 8 heteroatoms. The number of thiophene rings is 1. The molecule has 0 bridgehead atoms. The Morgan fingerprint density at radius 1 is 1.28 bits per heavy atom. The number of hydrogen-bond donors (Lipinski definition) is 2. The molecular formula is C24H24ClFN2O3S. The third-order valence-corrected chi connectivity index (χ3v) is 7.52. The lowest BCUT2D eigenvalue weighted by Crippen LogP contribution is -2.49. The number of morpholine rings is 1. The van der Waals surface area contributed by atoms with Crippen molar-refractivity contribution in [2.45, 2.75) is 31.4 Å². The monoisotopic (exact) mass is 474 g/mol. The van der Waals surface area contributed by atoms with Crippen LogP contribution < -0.4 is 10.2 Å². The second-order valence-electron chi connectivity index (χ2n) is 8.40. The van der Waals surface area contributed by atoms with Gasteiger partial charge in [0.1, 0.15) is 0 Å². The van der Waals surface area contributed by atoms with Crippen molar-refractivity contribution in [2.75, 3.05) is 31.1 Å². The summed E-state index contributed by atoms with van der Waals surface area (Å²) in [4.78, 5) is 14.2. The largest absolute Gasteiger partial charge is 0.478 e. The molecule has 0 spiro atoms. The van der Waals surface area contributed by atoms with E-state index < -0.39 is 5.97 Å². The first-order valence-corrected chi connectivity index (χ1v) is 12.0. The van der Waals surface area contributed by atoms with Gasteiger partial charge in [0.05, 0.1) is 24.0 Å². The number of rotatable bonds is 6. The van der Waals surface area contributed by atoms with Crippen molar-refractivity contribution in [1.29, 1.82) is 0 Å². The maximum atomic E-state index is 14.8. The number of carboxylic acids is 1. The molecule has 32 heavy (non-hydrogen) atoms. The van der Waals surface area contributed by atoms with Gasteiger partial charge in [0.15, 0.2) is 5.13 Å². The van der Waals surface area contributed by atoms with Crippen molar-refractivity contribution in [3.05, 3.63) is 52.1 Å². The van der Waals surface area contributed by atoms with E-state index in [9.17, 15) is 14.3 Å². The highest BCUT2D eigenvalue weighted by Crippen LogP contribution is 2.40. The lowest BCUT2D eigenvalue weighted by atomic mass is 9.93. The van der Waals surface area contributed by atoms with Gasteiger partial charge in [-0.1, -0.05) is 30.2 Å². The zero-order valence-electron chi connectivity index (χ0n) is 17.4. The summed E-state index contributed by atoms with van der Waals surface area (Å²) < 4.78 is 21.5. The van der Waals surface area contributed by atoms with Crippen molar-refractivity contribution in [1.82, 2.24) is 5.32 Å². The van der Waals surface area contributed by atoms with Crippen LogP contribution in [0.15, 0.2) is 36.4 Å². The Hall–Kier alpha value is -2.19. The molecule has 0 radical (unpaired) electrons. The Balaban J connectivity index is 1.43. The summed E-state index contributed by atoms with van der Waals surface area (Å²) in [7, 11) is 0. The molecule has 1 aliphatic carbocycles. The first kappa shape index (κ1) is 21.6. The summed E-state index contributed by atoms with van der Waals surface area (Å²) in [6.07, 6.45) is 3.70. The fraction of sp³-hybridized carbons (Fsp3) is 0.375. The number of halogens is 2. The zero-order chi connectivity index (χ0) is 22.2. The van der Waals surface area contributed by atoms with Crippen LogP contribution in [0.4, 0.5) is 10.1 Å². The maximum Gasteiger partial charge on any atom is 0.337 e. The summed E-state index contributed by atoms with van der Waals surface area (Å²) in [5.74, 6) is -1.03. The molecule has 2 aliphatic rings. The summed E-state index contributed by atoms with van der Waals surface area (Å²) in [6, 6.07) is 11.0. The molecule has 0 unspecified atom stereocenters. The van der Waals surface area contributed by atoms with E-state index in [0.717, 1.165) is 28.0 Å². The molecule has 3 aromatic rings. The van der Waals surface area contributed by atoms with Crippen LogP contribution in [0.5, 0.6) is 0 Å². The minimum Gasteiger partial charge on any atom is -0.478 e. The number of fused-ring (bicyclic) bond motifs is 1. The van der Waals surface area contributed by atoms with Crippen LogP contribution in [0.1, 0.15) is 29.6 Å². The van der Waals surface area contributed by atoms with Crippen LogP contribution in [0.2, 0.25) is 5.02 Å². The third-order valence-electron chi connectivity index (χ3n) is 6.34. The number of anilines is 1. The molecule has 1 aromatic heterocycles.